The lowest BCUT2D eigenvalue weighted by Gasteiger charge is -2.61. The van der Waals surface area contributed by atoms with E-state index in [4.69, 9.17) is 4.74 Å². The summed E-state index contributed by atoms with van der Waals surface area (Å²) in [5.74, 6) is 1.64. The highest BCUT2D eigenvalue weighted by molar-refractivity contribution is 5.52. The lowest BCUT2D eigenvalue weighted by molar-refractivity contribution is 0.00408. The third-order valence-electron chi connectivity index (χ3n) is 6.89. The number of nitrogens with one attached hydrogen (secondary N) is 1. The summed E-state index contributed by atoms with van der Waals surface area (Å²) < 4.78 is 5.75. The Morgan fingerprint density at radius 1 is 1.00 bits per heavy atom. The minimum Gasteiger partial charge on any atom is -0.472 e. The monoisotopic (exact) mass is 470 g/mol. The van der Waals surface area contributed by atoms with Crippen LogP contribution in [0.1, 0.15) is 43.5 Å². The molecule has 2 aliphatic rings. The zero-order valence-corrected chi connectivity index (χ0v) is 20.9. The van der Waals surface area contributed by atoms with Gasteiger partial charge in [-0.15, -0.1) is 10.2 Å². The Morgan fingerprint density at radius 2 is 1.74 bits per heavy atom. The summed E-state index contributed by atoms with van der Waals surface area (Å²) in [5.41, 5.74) is 6.25. The van der Waals surface area contributed by atoms with Gasteiger partial charge < -0.3 is 19.9 Å². The van der Waals surface area contributed by atoms with Crippen LogP contribution in [0.5, 0.6) is 5.88 Å². The van der Waals surface area contributed by atoms with Gasteiger partial charge in [0.25, 0.3) is 0 Å². The first kappa shape index (κ1) is 23.1. The number of likely N-dealkylation sites (tertiary alicyclic amines) is 1. The molecule has 7 heteroatoms. The fourth-order valence-electron chi connectivity index (χ4n) is 4.71. The van der Waals surface area contributed by atoms with E-state index in [1.807, 2.05) is 30.5 Å². The Bertz CT molecular complexity index is 1140. The number of allylic oxidation sites excluding steroid dienone is 1. The highest BCUT2D eigenvalue weighted by Crippen LogP contribution is 2.43. The first-order chi connectivity index (χ1) is 16.9. The summed E-state index contributed by atoms with van der Waals surface area (Å²) in [6, 6.07) is 16.6. The Morgan fingerprint density at radius 3 is 2.34 bits per heavy atom. The normalized spacial score (nSPS) is 16.1. The molecule has 7 nitrogen and oxygen atoms in total. The fourth-order valence-corrected chi connectivity index (χ4v) is 4.71. The molecule has 182 valence electrons. The number of hydrogen-bond acceptors (Lipinski definition) is 7. The van der Waals surface area contributed by atoms with Crippen molar-refractivity contribution in [3.63, 3.8) is 0 Å². The summed E-state index contributed by atoms with van der Waals surface area (Å²) in [7, 11) is 0. The maximum absolute atomic E-state index is 5.75. The molecule has 35 heavy (non-hydrogen) atoms. The lowest BCUT2D eigenvalue weighted by atomic mass is 9.72. The van der Waals surface area contributed by atoms with Gasteiger partial charge in [-0.1, -0.05) is 38.6 Å². The maximum Gasteiger partial charge on any atom is 0.233 e. The molecule has 0 bridgehead atoms. The average molecular weight is 471 g/mol. The minimum atomic E-state index is 0.419. The molecule has 0 radical (unpaired) electrons. The summed E-state index contributed by atoms with van der Waals surface area (Å²) in [4.78, 5) is 9.30. The van der Waals surface area contributed by atoms with Gasteiger partial charge in [-0.05, 0) is 42.7 Å². The van der Waals surface area contributed by atoms with E-state index < -0.39 is 0 Å². The Labute approximate surface area is 207 Å². The highest BCUT2D eigenvalue weighted by Gasteiger charge is 2.51. The molecule has 2 saturated heterocycles. The molecule has 0 unspecified atom stereocenters. The Hall–Kier alpha value is -3.61. The van der Waals surface area contributed by atoms with Crippen LogP contribution < -0.4 is 15.0 Å². The molecule has 5 rings (SSSR count). The predicted molar refractivity (Wildman–Crippen MR) is 139 cm³/mol. The van der Waals surface area contributed by atoms with E-state index in [-0.39, 0.29) is 0 Å². The topological polar surface area (TPSA) is 66.4 Å². The number of aromatic nitrogens is 3. The van der Waals surface area contributed by atoms with Crippen LogP contribution in [0.3, 0.4) is 0 Å². The van der Waals surface area contributed by atoms with Gasteiger partial charge in [0, 0.05) is 73.0 Å². The van der Waals surface area contributed by atoms with Crippen LogP contribution in [-0.4, -0.2) is 46.3 Å². The van der Waals surface area contributed by atoms with Crippen molar-refractivity contribution < 1.29 is 4.74 Å². The zero-order chi connectivity index (χ0) is 24.4. The van der Waals surface area contributed by atoms with E-state index in [9.17, 15) is 0 Å². The van der Waals surface area contributed by atoms with Crippen molar-refractivity contribution >= 4 is 11.5 Å². The molecule has 1 spiro atoms. The van der Waals surface area contributed by atoms with E-state index in [0.29, 0.717) is 30.4 Å². The third-order valence-corrected chi connectivity index (χ3v) is 6.89. The molecule has 3 aromatic rings. The number of rotatable bonds is 9. The molecule has 0 aliphatic carbocycles. The van der Waals surface area contributed by atoms with Crippen molar-refractivity contribution in [2.75, 3.05) is 36.4 Å². The van der Waals surface area contributed by atoms with Crippen molar-refractivity contribution in [1.82, 2.24) is 20.1 Å². The number of pyridine rings is 1. The van der Waals surface area contributed by atoms with Crippen molar-refractivity contribution in [3.05, 3.63) is 83.8 Å². The molecule has 2 fully saturated rings. The largest absolute Gasteiger partial charge is 0.472 e. The van der Waals surface area contributed by atoms with E-state index in [2.05, 4.69) is 81.9 Å². The highest BCUT2D eigenvalue weighted by atomic mass is 16.5. The Kier molecular flexibility index (Phi) is 6.32. The molecule has 4 heterocycles. The third kappa shape index (κ3) is 5.24. The van der Waals surface area contributed by atoms with Gasteiger partial charge in [0.05, 0.1) is 0 Å². The molecule has 1 N–H and O–H groups in total. The van der Waals surface area contributed by atoms with Gasteiger partial charge in [0.1, 0.15) is 12.4 Å². The van der Waals surface area contributed by atoms with Crippen LogP contribution in [0.4, 0.5) is 11.5 Å². The van der Waals surface area contributed by atoms with Gasteiger partial charge in [-0.3, -0.25) is 4.98 Å². The van der Waals surface area contributed by atoms with Crippen molar-refractivity contribution in [2.24, 2.45) is 5.41 Å². The van der Waals surface area contributed by atoms with Gasteiger partial charge in [-0.25, -0.2) is 0 Å². The molecule has 0 atom stereocenters. The second-order valence-corrected chi connectivity index (χ2v) is 10.3. The van der Waals surface area contributed by atoms with E-state index in [1.54, 1.807) is 0 Å². The lowest BCUT2D eigenvalue weighted by Crippen LogP contribution is -2.71. The first-order valence-corrected chi connectivity index (χ1v) is 12.3. The maximum atomic E-state index is 5.75. The van der Waals surface area contributed by atoms with E-state index >= 15 is 0 Å². The second-order valence-electron chi connectivity index (χ2n) is 10.3. The number of benzene rings is 1. The van der Waals surface area contributed by atoms with Crippen LogP contribution in [0.15, 0.2) is 67.0 Å². The number of nitrogens with zero attached hydrogens (tertiary/aromatic N) is 5. The van der Waals surface area contributed by atoms with Crippen LogP contribution in [0.2, 0.25) is 0 Å². The SMILES string of the molecule is C=C(C)N1CC2(C1)CN(c1ccc(CNc3ccc(OCc4ccc(C(C)C)nc4)nn3)cc1)C2. The summed E-state index contributed by atoms with van der Waals surface area (Å²) in [5, 5.41) is 11.8. The molecule has 0 saturated carbocycles. The van der Waals surface area contributed by atoms with Gasteiger partial charge in [0.2, 0.25) is 5.88 Å². The fraction of sp³-hybridized carbons (Fsp3) is 0.393. The van der Waals surface area contributed by atoms with Crippen LogP contribution in [-0.2, 0) is 13.2 Å². The van der Waals surface area contributed by atoms with E-state index in [1.165, 1.54) is 16.9 Å². The first-order valence-electron chi connectivity index (χ1n) is 12.3. The summed E-state index contributed by atoms with van der Waals surface area (Å²) in [6.07, 6.45) is 1.86. The smallest absolute Gasteiger partial charge is 0.233 e. The number of hydrogen-bond donors (Lipinski definition) is 1. The number of ether oxygens (including phenoxy) is 1. The van der Waals surface area contributed by atoms with Crippen molar-refractivity contribution in [2.45, 2.75) is 39.8 Å². The Balaban J connectivity index is 1.05. The number of anilines is 2. The van der Waals surface area contributed by atoms with E-state index in [0.717, 1.165) is 43.3 Å². The van der Waals surface area contributed by atoms with Crippen molar-refractivity contribution in [1.29, 1.82) is 0 Å². The molecular formula is C28H34N6O. The zero-order valence-electron chi connectivity index (χ0n) is 20.9. The molecule has 2 aromatic heterocycles. The quantitative estimate of drug-likeness (QED) is 0.480. The van der Waals surface area contributed by atoms with Gasteiger partial charge >= 0.3 is 0 Å². The standard InChI is InChI=1S/C28H34N6O/c1-20(2)25-10-7-23(14-29-25)15-35-27-12-11-26(31-32-27)30-13-22-5-8-24(9-6-22)34-18-28(19-34)16-33(17-28)21(3)4/h5-12,14,20H,3,13,15-19H2,1-2,4H3,(H,30,31). The molecular weight excluding hydrogens is 436 g/mol. The summed E-state index contributed by atoms with van der Waals surface area (Å²) >= 11 is 0. The molecule has 0 amide bonds. The predicted octanol–water partition coefficient (Wildman–Crippen LogP) is 4.84. The summed E-state index contributed by atoms with van der Waals surface area (Å²) in [6.45, 7) is 16.1. The van der Waals surface area contributed by atoms with Crippen molar-refractivity contribution in [3.8, 4) is 5.88 Å². The van der Waals surface area contributed by atoms with Gasteiger partial charge in [0.15, 0.2) is 0 Å². The van der Waals surface area contributed by atoms with Gasteiger partial charge in [-0.2, -0.15) is 0 Å². The van der Waals surface area contributed by atoms with Crippen LogP contribution in [0, 0.1) is 5.41 Å². The molecule has 2 aliphatic heterocycles. The second kappa shape index (κ2) is 9.56. The molecule has 1 aromatic carbocycles. The average Bonchev–Trinajstić information content (AvgIpc) is 2.81. The minimum absolute atomic E-state index is 0.419. The van der Waals surface area contributed by atoms with Crippen LogP contribution in [0.25, 0.3) is 0 Å². The van der Waals surface area contributed by atoms with Crippen LogP contribution >= 0.6 is 0 Å².